The van der Waals surface area contributed by atoms with Gasteiger partial charge in [-0.2, -0.15) is 9.57 Å². The number of rotatable bonds is 6. The van der Waals surface area contributed by atoms with E-state index in [0.717, 1.165) is 0 Å². The van der Waals surface area contributed by atoms with Crippen molar-refractivity contribution < 1.29 is 17.6 Å². The Bertz CT molecular complexity index is 1090. The fraction of sp³-hybridized carbons (Fsp3) is 0.333. The average molecular weight is 465 g/mol. The number of hydrogen-bond donors (Lipinski definition) is 0. The molecule has 0 atom stereocenters. The van der Waals surface area contributed by atoms with Crippen LogP contribution >= 0.6 is 11.6 Å². The van der Waals surface area contributed by atoms with Crippen LogP contribution in [-0.4, -0.2) is 68.2 Å². The highest BCUT2D eigenvalue weighted by Crippen LogP contribution is 2.22. The first kappa shape index (κ1) is 23.2. The summed E-state index contributed by atoms with van der Waals surface area (Å²) in [7, 11) is -2.13. The third-order valence-electron chi connectivity index (χ3n) is 5.11. The largest absolute Gasteiger partial charge is 0.339 e. The van der Waals surface area contributed by atoms with Crippen LogP contribution in [0.3, 0.4) is 0 Å². The van der Waals surface area contributed by atoms with E-state index in [1.165, 1.54) is 28.6 Å². The van der Waals surface area contributed by atoms with Crippen molar-refractivity contribution in [2.24, 2.45) is 0 Å². The first-order chi connectivity index (χ1) is 14.7. The minimum absolute atomic E-state index is 0.0289. The summed E-state index contributed by atoms with van der Waals surface area (Å²) >= 11 is 6.05. The first-order valence-electron chi connectivity index (χ1n) is 9.62. The molecule has 0 saturated carbocycles. The predicted molar refractivity (Wildman–Crippen MR) is 114 cm³/mol. The van der Waals surface area contributed by atoms with E-state index in [-0.39, 0.29) is 55.6 Å². The molecule has 1 aliphatic rings. The molecule has 0 aliphatic carbocycles. The van der Waals surface area contributed by atoms with E-state index >= 15 is 0 Å². The lowest BCUT2D eigenvalue weighted by molar-refractivity contribution is -0.133. The van der Waals surface area contributed by atoms with E-state index in [1.807, 2.05) is 6.07 Å². The fourth-order valence-corrected chi connectivity index (χ4v) is 5.23. The smallest absolute Gasteiger partial charge is 0.244 e. The van der Waals surface area contributed by atoms with Crippen molar-refractivity contribution in [1.29, 1.82) is 5.26 Å². The van der Waals surface area contributed by atoms with Crippen molar-refractivity contribution >= 4 is 27.5 Å². The maximum Gasteiger partial charge on any atom is 0.244 e. The van der Waals surface area contributed by atoms with Gasteiger partial charge < -0.3 is 4.90 Å². The molecule has 0 aromatic heterocycles. The van der Waals surface area contributed by atoms with Gasteiger partial charge in [0.25, 0.3) is 0 Å². The van der Waals surface area contributed by atoms with Gasteiger partial charge in [0.05, 0.1) is 17.0 Å². The fourth-order valence-electron chi connectivity index (χ4n) is 3.44. The molecule has 7 nitrogen and oxygen atoms in total. The molecule has 3 rings (SSSR count). The van der Waals surface area contributed by atoms with Crippen molar-refractivity contribution in [3.63, 3.8) is 0 Å². The van der Waals surface area contributed by atoms with Crippen LogP contribution in [0.1, 0.15) is 11.1 Å². The van der Waals surface area contributed by atoms with Crippen LogP contribution in [-0.2, 0) is 21.4 Å². The van der Waals surface area contributed by atoms with Gasteiger partial charge in [0.2, 0.25) is 15.9 Å². The normalized spacial score (nSPS) is 15.1. The molecular weight excluding hydrogens is 443 g/mol. The van der Waals surface area contributed by atoms with E-state index < -0.39 is 15.8 Å². The zero-order chi connectivity index (χ0) is 22.6. The van der Waals surface area contributed by atoms with Gasteiger partial charge in [-0.1, -0.05) is 29.8 Å². The maximum absolute atomic E-state index is 14.0. The number of likely N-dealkylation sites (N-methyl/N-ethyl adjacent to an activating group) is 1. The molecule has 0 N–H and O–H groups in total. The summed E-state index contributed by atoms with van der Waals surface area (Å²) in [6.07, 6.45) is 0. The molecule has 2 aromatic rings. The van der Waals surface area contributed by atoms with E-state index in [1.54, 1.807) is 35.0 Å². The molecule has 0 spiro atoms. The van der Waals surface area contributed by atoms with Crippen LogP contribution in [0.4, 0.5) is 4.39 Å². The molecule has 1 aliphatic heterocycles. The molecule has 0 bridgehead atoms. The van der Waals surface area contributed by atoms with Gasteiger partial charge in [-0.3, -0.25) is 9.69 Å². The molecule has 0 unspecified atom stereocenters. The van der Waals surface area contributed by atoms with Crippen molar-refractivity contribution in [2.45, 2.75) is 11.4 Å². The molecule has 10 heteroatoms. The molecule has 2 aromatic carbocycles. The number of benzene rings is 2. The van der Waals surface area contributed by atoms with Crippen molar-refractivity contribution in [3.05, 3.63) is 64.4 Å². The quantitative estimate of drug-likeness (QED) is 0.655. The number of nitrogens with zero attached hydrogens (tertiary/aromatic N) is 4. The molecule has 1 amide bonds. The Morgan fingerprint density at radius 1 is 1.16 bits per heavy atom. The summed E-state index contributed by atoms with van der Waals surface area (Å²) in [6.45, 7) is 0.973. The number of carbonyl (C=O) groups is 1. The Balaban J connectivity index is 1.59. The van der Waals surface area contributed by atoms with Gasteiger partial charge in [0.15, 0.2) is 0 Å². The summed E-state index contributed by atoms with van der Waals surface area (Å²) in [6, 6.07) is 12.4. The van der Waals surface area contributed by atoms with E-state index in [9.17, 15) is 22.9 Å². The van der Waals surface area contributed by atoms with Crippen molar-refractivity contribution in [3.8, 4) is 6.07 Å². The number of amides is 1. The Morgan fingerprint density at radius 2 is 1.84 bits per heavy atom. The summed E-state index contributed by atoms with van der Waals surface area (Å²) in [5.41, 5.74) is 0.418. The Morgan fingerprint density at radius 3 is 2.48 bits per heavy atom. The van der Waals surface area contributed by atoms with Gasteiger partial charge in [0.1, 0.15) is 11.9 Å². The van der Waals surface area contributed by atoms with Crippen LogP contribution in [0.25, 0.3) is 0 Å². The average Bonchev–Trinajstić information content (AvgIpc) is 2.76. The number of piperazine rings is 1. The van der Waals surface area contributed by atoms with Crippen LogP contribution in [0.15, 0.2) is 47.4 Å². The number of carbonyl (C=O) groups excluding carboxylic acids is 1. The van der Waals surface area contributed by atoms with Gasteiger partial charge in [-0.15, -0.1) is 0 Å². The maximum atomic E-state index is 14.0. The second-order valence-electron chi connectivity index (χ2n) is 7.27. The lowest BCUT2D eigenvalue weighted by Crippen LogP contribution is -2.52. The third kappa shape index (κ3) is 5.22. The standard InChI is InChI=1S/C21H22ClFN4O3S/c1-25(14-17-18(22)6-4-7-19(17)23)15-21(28)26-9-11-27(12-10-26)31(29,30)20-8-3-2-5-16(20)13-24/h2-8H,9-12,14-15H2,1H3. The van der Waals surface area contributed by atoms with Crippen molar-refractivity contribution in [1.82, 2.24) is 14.1 Å². The minimum atomic E-state index is -3.82. The van der Waals surface area contributed by atoms with E-state index in [2.05, 4.69) is 0 Å². The molecular formula is C21H22ClFN4O3S. The topological polar surface area (TPSA) is 84.7 Å². The van der Waals surface area contributed by atoms with Gasteiger partial charge in [0, 0.05) is 43.3 Å². The van der Waals surface area contributed by atoms with Crippen molar-refractivity contribution in [2.75, 3.05) is 39.8 Å². The molecule has 1 heterocycles. The molecule has 1 saturated heterocycles. The molecule has 0 radical (unpaired) electrons. The summed E-state index contributed by atoms with van der Waals surface area (Å²) in [4.78, 5) is 15.9. The SMILES string of the molecule is CN(CC(=O)N1CCN(S(=O)(=O)c2ccccc2C#N)CC1)Cc1c(F)cccc1Cl. The summed E-state index contributed by atoms with van der Waals surface area (Å²) in [5.74, 6) is -0.604. The Labute approximate surface area is 186 Å². The monoisotopic (exact) mass is 464 g/mol. The number of hydrogen-bond acceptors (Lipinski definition) is 5. The van der Waals surface area contributed by atoms with Gasteiger partial charge >= 0.3 is 0 Å². The second kappa shape index (κ2) is 9.75. The molecule has 31 heavy (non-hydrogen) atoms. The number of halogens is 2. The first-order valence-corrected chi connectivity index (χ1v) is 11.4. The number of nitriles is 1. The van der Waals surface area contributed by atoms with Gasteiger partial charge in [-0.25, -0.2) is 12.8 Å². The highest BCUT2D eigenvalue weighted by Gasteiger charge is 2.31. The number of sulfonamides is 1. The third-order valence-corrected chi connectivity index (χ3v) is 7.42. The lowest BCUT2D eigenvalue weighted by atomic mass is 10.2. The zero-order valence-corrected chi connectivity index (χ0v) is 18.5. The highest BCUT2D eigenvalue weighted by atomic mass is 35.5. The van der Waals surface area contributed by atoms with Gasteiger partial charge in [-0.05, 0) is 31.3 Å². The van der Waals surface area contributed by atoms with Crippen LogP contribution < -0.4 is 0 Å². The summed E-state index contributed by atoms with van der Waals surface area (Å²) < 4.78 is 41.1. The van der Waals surface area contributed by atoms with Crippen LogP contribution in [0.2, 0.25) is 5.02 Å². The molecule has 164 valence electrons. The zero-order valence-electron chi connectivity index (χ0n) is 17.0. The van der Waals surface area contributed by atoms with E-state index in [0.29, 0.717) is 10.6 Å². The Hall–Kier alpha value is -2.51. The predicted octanol–water partition coefficient (Wildman–Crippen LogP) is 2.32. The summed E-state index contributed by atoms with van der Waals surface area (Å²) in [5, 5.41) is 9.50. The van der Waals surface area contributed by atoms with E-state index in [4.69, 9.17) is 11.6 Å². The van der Waals surface area contributed by atoms with Crippen LogP contribution in [0.5, 0.6) is 0 Å². The van der Waals surface area contributed by atoms with Crippen LogP contribution in [0, 0.1) is 17.1 Å². The second-order valence-corrected chi connectivity index (χ2v) is 9.58. The highest BCUT2D eigenvalue weighted by molar-refractivity contribution is 7.89. The Kier molecular flexibility index (Phi) is 7.28. The molecule has 1 fully saturated rings. The minimum Gasteiger partial charge on any atom is -0.339 e. The lowest BCUT2D eigenvalue weighted by Gasteiger charge is -2.35.